The lowest BCUT2D eigenvalue weighted by atomic mass is 9.96. The van der Waals surface area contributed by atoms with Crippen molar-refractivity contribution in [2.45, 2.75) is 42.0 Å². The lowest BCUT2D eigenvalue weighted by Gasteiger charge is -2.15. The average molecular weight is 445 g/mol. The summed E-state index contributed by atoms with van der Waals surface area (Å²) in [6.07, 6.45) is 7.78. The molecule has 2 aromatic heterocycles. The molecule has 162 valence electrons. The second-order valence-electron chi connectivity index (χ2n) is 8.00. The van der Waals surface area contributed by atoms with Crippen molar-refractivity contribution >= 4 is 32.3 Å². The van der Waals surface area contributed by atoms with Crippen molar-refractivity contribution in [3.63, 3.8) is 0 Å². The van der Waals surface area contributed by atoms with Crippen LogP contribution in [-0.2, 0) is 16.4 Å². The van der Waals surface area contributed by atoms with Gasteiger partial charge in [-0.05, 0) is 49.0 Å². The first-order valence-electron chi connectivity index (χ1n) is 10.7. The fraction of sp³-hybridized carbons (Fsp3) is 0.200. The number of allylic oxidation sites excluding steroid dienone is 2. The fourth-order valence-corrected chi connectivity index (χ4v) is 5.91. The number of nitrogens with zero attached hydrogens (tertiary/aromatic N) is 3. The van der Waals surface area contributed by atoms with Gasteiger partial charge < -0.3 is 10.3 Å². The summed E-state index contributed by atoms with van der Waals surface area (Å²) >= 11 is 0. The van der Waals surface area contributed by atoms with Gasteiger partial charge in [0.15, 0.2) is 0 Å². The zero-order valence-corrected chi connectivity index (χ0v) is 18.4. The van der Waals surface area contributed by atoms with Gasteiger partial charge in [0.2, 0.25) is 9.84 Å². The standard InChI is InChI=1S/C25H24N4O2S/c26-25-24(32(30,31)20-14-8-3-9-15-20)22-23(29(25)16-18-10-4-1-5-11-18)21(27-17-28-22)19-12-6-2-7-13-19/h1,3-5,8-12,14-15,17H,2,6-7,13,16,26H2. The molecule has 0 aliphatic heterocycles. The number of fused-ring (bicyclic) bond motifs is 1. The SMILES string of the molecule is Nc1c(S(=O)(=O)c2ccccc2)c2ncnc(C3=CCCCC3)c2n1Cc1ccccc1. The Morgan fingerprint density at radius 3 is 2.34 bits per heavy atom. The summed E-state index contributed by atoms with van der Waals surface area (Å²) in [7, 11) is -3.87. The molecule has 0 atom stereocenters. The highest BCUT2D eigenvalue weighted by Crippen LogP contribution is 2.39. The summed E-state index contributed by atoms with van der Waals surface area (Å²) in [5, 5.41) is 0. The largest absolute Gasteiger partial charge is 0.384 e. The molecular formula is C25H24N4O2S. The molecule has 1 aliphatic rings. The summed E-state index contributed by atoms with van der Waals surface area (Å²) in [5.41, 5.74) is 10.5. The van der Waals surface area contributed by atoms with E-state index in [4.69, 9.17) is 5.73 Å². The summed E-state index contributed by atoms with van der Waals surface area (Å²) in [4.78, 5) is 9.27. The minimum absolute atomic E-state index is 0.0506. The van der Waals surface area contributed by atoms with Crippen LogP contribution < -0.4 is 5.73 Å². The first-order valence-corrected chi connectivity index (χ1v) is 12.2. The summed E-state index contributed by atoms with van der Waals surface area (Å²) in [6, 6.07) is 18.2. The predicted molar refractivity (Wildman–Crippen MR) is 126 cm³/mol. The molecule has 0 unspecified atom stereocenters. The number of benzene rings is 2. The van der Waals surface area contributed by atoms with Gasteiger partial charge in [0, 0.05) is 6.54 Å². The minimum Gasteiger partial charge on any atom is -0.384 e. The van der Waals surface area contributed by atoms with Gasteiger partial charge in [-0.1, -0.05) is 54.6 Å². The van der Waals surface area contributed by atoms with Crippen molar-refractivity contribution in [2.24, 2.45) is 0 Å². The normalized spacial score (nSPS) is 14.4. The number of nitrogens with two attached hydrogens (primary N) is 1. The van der Waals surface area contributed by atoms with E-state index >= 15 is 0 Å². The second kappa shape index (κ2) is 8.24. The van der Waals surface area contributed by atoms with Crippen molar-refractivity contribution in [3.8, 4) is 0 Å². The number of hydrogen-bond acceptors (Lipinski definition) is 5. The van der Waals surface area contributed by atoms with Crippen LogP contribution in [0.5, 0.6) is 0 Å². The Balaban J connectivity index is 1.81. The van der Waals surface area contributed by atoms with E-state index in [0.717, 1.165) is 42.5 Å². The number of aromatic nitrogens is 3. The van der Waals surface area contributed by atoms with Crippen LogP contribution in [-0.4, -0.2) is 23.0 Å². The maximum Gasteiger partial charge on any atom is 0.212 e. The first kappa shape index (κ1) is 20.5. The summed E-state index contributed by atoms with van der Waals surface area (Å²) < 4.78 is 29.2. The molecule has 2 heterocycles. The monoisotopic (exact) mass is 444 g/mol. The Morgan fingerprint density at radius 2 is 1.66 bits per heavy atom. The zero-order chi connectivity index (χ0) is 22.1. The molecule has 4 aromatic rings. The molecule has 0 spiro atoms. The van der Waals surface area contributed by atoms with Crippen LogP contribution >= 0.6 is 0 Å². The maximum atomic E-state index is 13.7. The van der Waals surface area contributed by atoms with E-state index in [9.17, 15) is 8.42 Å². The first-order chi connectivity index (χ1) is 15.6. The molecule has 6 nitrogen and oxygen atoms in total. The molecule has 0 saturated carbocycles. The van der Waals surface area contributed by atoms with Crippen molar-refractivity contribution in [1.29, 1.82) is 0 Å². The molecular weight excluding hydrogens is 420 g/mol. The molecule has 1 aliphatic carbocycles. The number of rotatable bonds is 5. The van der Waals surface area contributed by atoms with Crippen LogP contribution in [0.25, 0.3) is 16.6 Å². The van der Waals surface area contributed by atoms with E-state index in [0.29, 0.717) is 17.6 Å². The van der Waals surface area contributed by atoms with E-state index in [1.54, 1.807) is 30.3 Å². The highest BCUT2D eigenvalue weighted by atomic mass is 32.2. The molecule has 0 fully saturated rings. The van der Waals surface area contributed by atoms with Crippen LogP contribution in [0.15, 0.2) is 82.9 Å². The Kier molecular flexibility index (Phi) is 5.27. The zero-order valence-electron chi connectivity index (χ0n) is 17.6. The van der Waals surface area contributed by atoms with Gasteiger partial charge in [-0.15, -0.1) is 0 Å². The van der Waals surface area contributed by atoms with Gasteiger partial charge in [0.05, 0.1) is 16.1 Å². The molecule has 5 rings (SSSR count). The van der Waals surface area contributed by atoms with Crippen LogP contribution in [0.2, 0.25) is 0 Å². The average Bonchev–Trinajstić information content (AvgIpc) is 3.13. The van der Waals surface area contributed by atoms with Crippen molar-refractivity contribution in [2.75, 3.05) is 5.73 Å². The van der Waals surface area contributed by atoms with E-state index in [-0.39, 0.29) is 15.6 Å². The summed E-state index contributed by atoms with van der Waals surface area (Å²) in [5.74, 6) is 0.186. The van der Waals surface area contributed by atoms with Crippen LogP contribution in [0.4, 0.5) is 5.82 Å². The number of nitrogen functional groups attached to an aromatic ring is 1. The second-order valence-corrected chi connectivity index (χ2v) is 9.88. The van der Waals surface area contributed by atoms with Gasteiger partial charge in [-0.3, -0.25) is 0 Å². The highest BCUT2D eigenvalue weighted by Gasteiger charge is 2.31. The number of sulfone groups is 1. The molecule has 0 bridgehead atoms. The van der Waals surface area contributed by atoms with Crippen molar-refractivity contribution < 1.29 is 8.42 Å². The summed E-state index contributed by atoms with van der Waals surface area (Å²) in [6.45, 7) is 0.432. The van der Waals surface area contributed by atoms with E-state index in [1.807, 2.05) is 34.9 Å². The van der Waals surface area contributed by atoms with Gasteiger partial charge >= 0.3 is 0 Å². The molecule has 0 amide bonds. The molecule has 0 saturated heterocycles. The van der Waals surface area contributed by atoms with E-state index < -0.39 is 9.84 Å². The van der Waals surface area contributed by atoms with Crippen LogP contribution in [0.1, 0.15) is 36.9 Å². The molecule has 2 N–H and O–H groups in total. The minimum atomic E-state index is -3.87. The Hall–Kier alpha value is -3.45. The van der Waals surface area contributed by atoms with Crippen LogP contribution in [0, 0.1) is 0 Å². The van der Waals surface area contributed by atoms with Crippen molar-refractivity contribution in [1.82, 2.24) is 14.5 Å². The third-order valence-electron chi connectivity index (χ3n) is 5.93. The quantitative estimate of drug-likeness (QED) is 0.475. The lowest BCUT2D eigenvalue weighted by Crippen LogP contribution is -2.09. The Bertz CT molecular complexity index is 1410. The van der Waals surface area contributed by atoms with Gasteiger partial charge in [0.1, 0.15) is 22.6 Å². The number of anilines is 1. The fourth-order valence-electron chi connectivity index (χ4n) is 4.37. The van der Waals surface area contributed by atoms with Gasteiger partial charge in [0.25, 0.3) is 0 Å². The lowest BCUT2D eigenvalue weighted by molar-refractivity contribution is 0.597. The number of hydrogen-bond donors (Lipinski definition) is 1. The van der Waals surface area contributed by atoms with Crippen LogP contribution in [0.3, 0.4) is 0 Å². The Morgan fingerprint density at radius 1 is 0.938 bits per heavy atom. The molecule has 7 heteroatoms. The third-order valence-corrected chi connectivity index (χ3v) is 7.76. The third kappa shape index (κ3) is 3.48. The van der Waals surface area contributed by atoms with E-state index in [2.05, 4.69) is 16.0 Å². The van der Waals surface area contributed by atoms with Crippen molar-refractivity contribution in [3.05, 3.63) is 84.3 Å². The van der Waals surface area contributed by atoms with E-state index in [1.165, 1.54) is 6.33 Å². The predicted octanol–water partition coefficient (Wildman–Crippen LogP) is 4.85. The molecule has 0 radical (unpaired) electrons. The smallest absolute Gasteiger partial charge is 0.212 e. The highest BCUT2D eigenvalue weighted by molar-refractivity contribution is 7.92. The molecule has 2 aromatic carbocycles. The maximum absolute atomic E-state index is 13.7. The Labute approximate surface area is 187 Å². The molecule has 32 heavy (non-hydrogen) atoms. The van der Waals surface area contributed by atoms with Gasteiger partial charge in [-0.2, -0.15) is 0 Å². The van der Waals surface area contributed by atoms with Gasteiger partial charge in [-0.25, -0.2) is 18.4 Å². The topological polar surface area (TPSA) is 90.9 Å².